The summed E-state index contributed by atoms with van der Waals surface area (Å²) in [4.78, 5) is 5.23. The lowest BCUT2D eigenvalue weighted by atomic mass is 9.72. The van der Waals surface area contributed by atoms with Gasteiger partial charge < -0.3 is 10.2 Å². The first kappa shape index (κ1) is 30.5. The highest BCUT2D eigenvalue weighted by atomic mass is 16.3. The lowest BCUT2D eigenvalue weighted by molar-refractivity contribution is 0.0965. The van der Waals surface area contributed by atoms with Crippen LogP contribution in [0.2, 0.25) is 0 Å². The zero-order valence-corrected chi connectivity index (χ0v) is 24.8. The van der Waals surface area contributed by atoms with E-state index in [1.807, 2.05) is 27.7 Å². The van der Waals surface area contributed by atoms with E-state index >= 15 is 0 Å². The maximum absolute atomic E-state index is 11.7. The number of benzene rings is 1. The Bertz CT molecular complexity index is 963. The lowest BCUT2D eigenvalue weighted by Crippen LogP contribution is -2.29. The molecule has 3 nitrogen and oxygen atoms in total. The molecule has 202 valence electrons. The van der Waals surface area contributed by atoms with E-state index in [4.69, 9.17) is 4.98 Å². The second-order valence-electron chi connectivity index (χ2n) is 11.9. The van der Waals surface area contributed by atoms with Crippen molar-refractivity contribution in [2.45, 2.75) is 138 Å². The first-order valence-electron chi connectivity index (χ1n) is 14.5. The summed E-state index contributed by atoms with van der Waals surface area (Å²) in [7, 11) is 0. The molecule has 0 amide bonds. The Balaban J connectivity index is 0.00000109. The summed E-state index contributed by atoms with van der Waals surface area (Å²) >= 11 is 0. The average molecular weight is 496 g/mol. The highest BCUT2D eigenvalue weighted by Crippen LogP contribution is 2.47. The minimum atomic E-state index is -0.713. The van der Waals surface area contributed by atoms with Crippen LogP contribution in [0, 0.1) is 5.41 Å². The molecule has 0 radical (unpaired) electrons. The molecule has 1 aromatic heterocycles. The monoisotopic (exact) mass is 495 g/mol. The third kappa shape index (κ3) is 6.58. The summed E-state index contributed by atoms with van der Waals surface area (Å²) in [6, 6.07) is 8.43. The highest BCUT2D eigenvalue weighted by molar-refractivity contribution is 5.49. The van der Waals surface area contributed by atoms with Gasteiger partial charge in [0.15, 0.2) is 0 Å². The summed E-state index contributed by atoms with van der Waals surface area (Å²) in [6.07, 6.45) is 5.96. The topological polar surface area (TPSA) is 53.4 Å². The van der Waals surface area contributed by atoms with Crippen molar-refractivity contribution in [2.75, 3.05) is 0 Å². The van der Waals surface area contributed by atoms with Crippen molar-refractivity contribution < 1.29 is 10.2 Å². The van der Waals surface area contributed by atoms with Crippen molar-refractivity contribution in [3.05, 3.63) is 63.5 Å². The van der Waals surface area contributed by atoms with Crippen LogP contribution >= 0.6 is 0 Å². The minimum absolute atomic E-state index is 0.0420. The second-order valence-corrected chi connectivity index (χ2v) is 11.9. The van der Waals surface area contributed by atoms with E-state index in [0.29, 0.717) is 5.92 Å². The molecular formula is C33H53NO2. The van der Waals surface area contributed by atoms with E-state index in [9.17, 15) is 10.2 Å². The normalized spacial score (nSPS) is 19.9. The first-order valence-corrected chi connectivity index (χ1v) is 14.5. The van der Waals surface area contributed by atoms with E-state index in [0.717, 1.165) is 65.7 Å². The predicted octanol–water partition coefficient (Wildman–Crippen LogP) is 8.74. The Kier molecular flexibility index (Phi) is 10.8. The number of pyridine rings is 1. The molecule has 0 saturated heterocycles. The van der Waals surface area contributed by atoms with Crippen molar-refractivity contribution in [1.29, 1.82) is 0 Å². The van der Waals surface area contributed by atoms with E-state index in [-0.39, 0.29) is 10.8 Å². The summed E-state index contributed by atoms with van der Waals surface area (Å²) in [5.74, 6) is 0.409. The fraction of sp³-hybridized carbons (Fsp3) is 0.667. The largest absolute Gasteiger partial charge is 0.388 e. The van der Waals surface area contributed by atoms with Crippen LogP contribution in [-0.4, -0.2) is 15.2 Å². The summed E-state index contributed by atoms with van der Waals surface area (Å²) < 4.78 is 0. The fourth-order valence-electron chi connectivity index (χ4n) is 5.95. The molecule has 2 aliphatic rings. The Morgan fingerprint density at radius 2 is 1.56 bits per heavy atom. The maximum atomic E-state index is 11.7. The average Bonchev–Trinajstić information content (AvgIpc) is 3.38. The van der Waals surface area contributed by atoms with Gasteiger partial charge in [0.05, 0.1) is 11.8 Å². The number of aromatic nitrogens is 1. The molecule has 2 N–H and O–H groups in total. The van der Waals surface area contributed by atoms with Crippen molar-refractivity contribution >= 4 is 0 Å². The van der Waals surface area contributed by atoms with E-state index in [2.05, 4.69) is 65.8 Å². The van der Waals surface area contributed by atoms with Gasteiger partial charge in [-0.25, -0.2) is 0 Å². The van der Waals surface area contributed by atoms with Crippen molar-refractivity contribution in [3.63, 3.8) is 0 Å². The van der Waals surface area contributed by atoms with E-state index in [1.165, 1.54) is 18.4 Å². The molecule has 1 heterocycles. The summed E-state index contributed by atoms with van der Waals surface area (Å²) in [5.41, 5.74) is 7.56. The van der Waals surface area contributed by atoms with Crippen LogP contribution in [0.25, 0.3) is 0 Å². The van der Waals surface area contributed by atoms with Gasteiger partial charge in [-0.1, -0.05) is 106 Å². The quantitative estimate of drug-likeness (QED) is 0.446. The number of hydrogen-bond acceptors (Lipinski definition) is 3. The van der Waals surface area contributed by atoms with Crippen LogP contribution in [0.1, 0.15) is 159 Å². The molecule has 2 atom stereocenters. The molecule has 0 aliphatic heterocycles. The molecule has 1 fully saturated rings. The van der Waals surface area contributed by atoms with Crippen LogP contribution in [-0.2, 0) is 18.3 Å². The Labute approximate surface area is 221 Å². The predicted molar refractivity (Wildman–Crippen MR) is 154 cm³/mol. The molecule has 2 aromatic rings. The highest BCUT2D eigenvalue weighted by Gasteiger charge is 2.37. The van der Waals surface area contributed by atoms with Crippen molar-refractivity contribution in [1.82, 2.24) is 4.98 Å². The van der Waals surface area contributed by atoms with Crippen LogP contribution < -0.4 is 0 Å². The van der Waals surface area contributed by atoms with Gasteiger partial charge in [0, 0.05) is 22.7 Å². The molecule has 36 heavy (non-hydrogen) atoms. The third-order valence-corrected chi connectivity index (χ3v) is 7.68. The molecule has 1 aromatic carbocycles. The molecule has 3 heteroatoms. The molecule has 2 unspecified atom stereocenters. The molecule has 1 saturated carbocycles. The van der Waals surface area contributed by atoms with E-state index in [1.54, 1.807) is 0 Å². The zero-order chi connectivity index (χ0) is 27.3. The van der Waals surface area contributed by atoms with Gasteiger partial charge in [0.2, 0.25) is 0 Å². The van der Waals surface area contributed by atoms with Gasteiger partial charge in [-0.3, -0.25) is 4.98 Å². The van der Waals surface area contributed by atoms with Gasteiger partial charge in [-0.05, 0) is 59.6 Å². The SMILES string of the molecule is CC.CC.CCc1c2c(nc(C3CCCC3)c1C(O)c1ccc(C(C)(C)C)cc1)CC(C)(C)CC2O. The lowest BCUT2D eigenvalue weighted by Gasteiger charge is -2.37. The Hall–Kier alpha value is -1.71. The first-order chi connectivity index (χ1) is 17.0. The molecule has 0 bridgehead atoms. The van der Waals surface area contributed by atoms with Gasteiger partial charge in [-0.2, -0.15) is 0 Å². The van der Waals surface area contributed by atoms with Crippen molar-refractivity contribution in [3.8, 4) is 0 Å². The number of aliphatic hydroxyl groups is 2. The Morgan fingerprint density at radius 3 is 2.06 bits per heavy atom. The number of hydrogen-bond donors (Lipinski definition) is 2. The van der Waals surface area contributed by atoms with Gasteiger partial charge in [0.25, 0.3) is 0 Å². The summed E-state index contributed by atoms with van der Waals surface area (Å²) in [5, 5.41) is 22.9. The zero-order valence-electron chi connectivity index (χ0n) is 24.8. The number of nitrogens with zero attached hydrogens (tertiary/aromatic N) is 1. The number of rotatable bonds is 4. The second kappa shape index (κ2) is 12.7. The molecule has 4 rings (SSSR count). The van der Waals surface area contributed by atoms with Crippen LogP contribution in [0.15, 0.2) is 24.3 Å². The fourth-order valence-corrected chi connectivity index (χ4v) is 5.95. The minimum Gasteiger partial charge on any atom is -0.388 e. The Morgan fingerprint density at radius 1 is 1.00 bits per heavy atom. The number of aliphatic hydroxyl groups excluding tert-OH is 2. The standard InChI is InChI=1S/C29H41NO2.2C2H6/c1-7-21-24-22(16-29(5,6)17-23(24)31)30-26(18-10-8-9-11-18)25(21)27(32)19-12-14-20(15-13-19)28(2,3)4;2*1-2/h12-15,18,23,27,31-32H,7-11,16-17H2,1-6H3;2*1-2H3. The van der Waals surface area contributed by atoms with Crippen LogP contribution in [0.3, 0.4) is 0 Å². The van der Waals surface area contributed by atoms with Crippen LogP contribution in [0.5, 0.6) is 0 Å². The molecular weight excluding hydrogens is 442 g/mol. The van der Waals surface area contributed by atoms with Gasteiger partial charge >= 0.3 is 0 Å². The molecule has 2 aliphatic carbocycles. The van der Waals surface area contributed by atoms with Gasteiger partial charge in [0.1, 0.15) is 6.10 Å². The van der Waals surface area contributed by atoms with Crippen LogP contribution in [0.4, 0.5) is 0 Å². The van der Waals surface area contributed by atoms with Gasteiger partial charge in [-0.15, -0.1) is 0 Å². The molecule has 0 spiro atoms. The third-order valence-electron chi connectivity index (χ3n) is 7.68. The summed E-state index contributed by atoms with van der Waals surface area (Å²) in [6.45, 7) is 21.2. The maximum Gasteiger partial charge on any atom is 0.106 e. The smallest absolute Gasteiger partial charge is 0.106 e. The number of fused-ring (bicyclic) bond motifs is 1. The van der Waals surface area contributed by atoms with E-state index < -0.39 is 12.2 Å². The van der Waals surface area contributed by atoms with Crippen molar-refractivity contribution in [2.24, 2.45) is 5.41 Å².